The van der Waals surface area contributed by atoms with Crippen LogP contribution in [0.3, 0.4) is 0 Å². The minimum absolute atomic E-state index is 0.0419. The quantitative estimate of drug-likeness (QED) is 0.605. The van der Waals surface area contributed by atoms with E-state index in [0.29, 0.717) is 12.8 Å². The Kier molecular flexibility index (Phi) is 7.78. The zero-order valence-electron chi connectivity index (χ0n) is 18.7. The van der Waals surface area contributed by atoms with E-state index < -0.39 is 39.7 Å². The van der Waals surface area contributed by atoms with Gasteiger partial charge >= 0.3 is 6.36 Å². The van der Waals surface area contributed by atoms with E-state index in [4.69, 9.17) is 0 Å². The number of aliphatic hydroxyl groups is 1. The number of rotatable bonds is 6. The Labute approximate surface area is 195 Å². The van der Waals surface area contributed by atoms with Gasteiger partial charge in [0.1, 0.15) is 11.8 Å². The molecule has 1 saturated heterocycles. The molecule has 1 aromatic rings. The maximum absolute atomic E-state index is 13.3. The van der Waals surface area contributed by atoms with Gasteiger partial charge in [-0.2, -0.15) is 4.31 Å². The summed E-state index contributed by atoms with van der Waals surface area (Å²) in [4.78, 5) is 26.0. The van der Waals surface area contributed by atoms with Crippen molar-refractivity contribution in [1.82, 2.24) is 14.5 Å². The lowest BCUT2D eigenvalue weighted by Crippen LogP contribution is -2.62. The van der Waals surface area contributed by atoms with E-state index in [1.54, 1.807) is 0 Å². The van der Waals surface area contributed by atoms with E-state index in [-0.39, 0.29) is 37.0 Å². The Morgan fingerprint density at radius 1 is 1.15 bits per heavy atom. The van der Waals surface area contributed by atoms with Crippen LogP contribution in [0.4, 0.5) is 13.2 Å². The normalized spacial score (nSPS) is 21.7. The van der Waals surface area contributed by atoms with Crippen molar-refractivity contribution in [2.75, 3.05) is 26.2 Å². The van der Waals surface area contributed by atoms with Crippen LogP contribution >= 0.6 is 0 Å². The standard InChI is InChI=1S/C21H28F3N3O6S/c1-15(28)26-11-12-27(18(13-26)19(29)25-14-20(30)9-3-2-4-10-20)34(31,32)17-7-5-16(6-8-17)33-21(22,23)24/h5-8,18,30H,2-4,9-14H2,1H3,(H,25,29)/t18-/m1/s1. The Balaban J connectivity index is 1.80. The molecule has 0 unspecified atom stereocenters. The van der Waals surface area contributed by atoms with Gasteiger partial charge in [-0.15, -0.1) is 13.2 Å². The Morgan fingerprint density at radius 3 is 2.32 bits per heavy atom. The van der Waals surface area contributed by atoms with Gasteiger partial charge in [0.05, 0.1) is 10.5 Å². The second-order valence-electron chi connectivity index (χ2n) is 8.62. The average molecular weight is 508 g/mol. The smallest absolute Gasteiger partial charge is 0.406 e. The second kappa shape index (κ2) is 10.1. The van der Waals surface area contributed by atoms with E-state index in [1.165, 1.54) is 11.8 Å². The number of nitrogens with one attached hydrogen (secondary N) is 1. The number of sulfonamides is 1. The van der Waals surface area contributed by atoms with Crippen molar-refractivity contribution in [3.8, 4) is 5.75 Å². The highest BCUT2D eigenvalue weighted by atomic mass is 32.2. The first-order valence-corrected chi connectivity index (χ1v) is 12.4. The zero-order chi connectivity index (χ0) is 25.1. The average Bonchev–Trinajstić information content (AvgIpc) is 2.77. The first-order chi connectivity index (χ1) is 15.8. The number of amides is 2. The van der Waals surface area contributed by atoms with Crippen LogP contribution in [0.25, 0.3) is 0 Å². The van der Waals surface area contributed by atoms with Gasteiger partial charge in [0.25, 0.3) is 0 Å². The van der Waals surface area contributed by atoms with Crippen LogP contribution in [0.2, 0.25) is 0 Å². The van der Waals surface area contributed by atoms with Gasteiger partial charge in [-0.05, 0) is 37.1 Å². The molecule has 0 aromatic heterocycles. The molecule has 9 nitrogen and oxygen atoms in total. The van der Waals surface area contributed by atoms with Crippen LogP contribution in [-0.4, -0.2) is 78.7 Å². The van der Waals surface area contributed by atoms with Crippen molar-refractivity contribution in [1.29, 1.82) is 0 Å². The molecule has 1 aliphatic heterocycles. The predicted octanol–water partition coefficient (Wildman–Crippen LogP) is 1.62. The fourth-order valence-electron chi connectivity index (χ4n) is 4.26. The number of benzene rings is 1. The molecule has 2 fully saturated rings. The SMILES string of the molecule is CC(=O)N1CCN(S(=O)(=O)c2ccc(OC(F)(F)F)cc2)[C@@H](C(=O)NCC2(O)CCCCC2)C1. The number of nitrogens with zero attached hydrogens (tertiary/aromatic N) is 2. The molecule has 1 saturated carbocycles. The highest BCUT2D eigenvalue weighted by Crippen LogP contribution is 2.29. The maximum atomic E-state index is 13.3. The summed E-state index contributed by atoms with van der Waals surface area (Å²) in [5.41, 5.74) is -1.07. The van der Waals surface area contributed by atoms with Crippen molar-refractivity contribution < 1.29 is 41.0 Å². The van der Waals surface area contributed by atoms with Gasteiger partial charge in [-0.1, -0.05) is 19.3 Å². The van der Waals surface area contributed by atoms with Gasteiger partial charge in [-0.25, -0.2) is 8.42 Å². The number of hydrogen-bond donors (Lipinski definition) is 2. The monoisotopic (exact) mass is 507 g/mol. The molecule has 2 amide bonds. The summed E-state index contributed by atoms with van der Waals surface area (Å²) in [7, 11) is -4.29. The Morgan fingerprint density at radius 2 is 1.76 bits per heavy atom. The van der Waals surface area contributed by atoms with Crippen LogP contribution in [0.15, 0.2) is 29.2 Å². The number of piperazine rings is 1. The molecule has 3 rings (SSSR count). The summed E-state index contributed by atoms with van der Waals surface area (Å²) in [6.07, 6.45) is -1.25. The van der Waals surface area contributed by atoms with Crippen molar-refractivity contribution >= 4 is 21.8 Å². The minimum Gasteiger partial charge on any atom is -0.406 e. The summed E-state index contributed by atoms with van der Waals surface area (Å²) in [6.45, 7) is 0.958. The third-order valence-electron chi connectivity index (χ3n) is 6.12. The molecule has 1 aliphatic carbocycles. The van der Waals surface area contributed by atoms with Crippen LogP contribution in [0.5, 0.6) is 5.75 Å². The molecule has 1 aromatic carbocycles. The van der Waals surface area contributed by atoms with Crippen LogP contribution in [0, 0.1) is 0 Å². The van der Waals surface area contributed by atoms with Gasteiger partial charge in [-0.3, -0.25) is 9.59 Å². The lowest BCUT2D eigenvalue weighted by atomic mass is 9.85. The number of ether oxygens (including phenoxy) is 1. The summed E-state index contributed by atoms with van der Waals surface area (Å²) in [5.74, 6) is -1.57. The fourth-order valence-corrected chi connectivity index (χ4v) is 5.83. The van der Waals surface area contributed by atoms with E-state index >= 15 is 0 Å². The molecule has 2 aliphatic rings. The summed E-state index contributed by atoms with van der Waals surface area (Å²) >= 11 is 0. The zero-order valence-corrected chi connectivity index (χ0v) is 19.5. The first-order valence-electron chi connectivity index (χ1n) is 10.9. The molecule has 1 atom stereocenters. The molecule has 0 radical (unpaired) electrons. The minimum atomic E-state index is -4.92. The molecule has 2 N–H and O–H groups in total. The van der Waals surface area contributed by atoms with E-state index in [9.17, 15) is 36.3 Å². The molecule has 0 bridgehead atoms. The number of carbonyl (C=O) groups excluding carboxylic acids is 2. The van der Waals surface area contributed by atoms with E-state index in [1.807, 2.05) is 0 Å². The lowest BCUT2D eigenvalue weighted by molar-refractivity contribution is -0.274. The molecule has 1 heterocycles. The van der Waals surface area contributed by atoms with Crippen LogP contribution < -0.4 is 10.1 Å². The predicted molar refractivity (Wildman–Crippen MR) is 114 cm³/mol. The lowest BCUT2D eigenvalue weighted by Gasteiger charge is -2.40. The molecule has 190 valence electrons. The van der Waals surface area contributed by atoms with Gasteiger partial charge in [0, 0.05) is 33.1 Å². The number of halogens is 3. The van der Waals surface area contributed by atoms with E-state index in [2.05, 4.69) is 10.1 Å². The van der Waals surface area contributed by atoms with Gasteiger partial charge < -0.3 is 20.1 Å². The number of carbonyl (C=O) groups is 2. The summed E-state index contributed by atoms with van der Waals surface area (Å²) in [5, 5.41) is 13.3. The summed E-state index contributed by atoms with van der Waals surface area (Å²) in [6, 6.07) is 2.42. The van der Waals surface area contributed by atoms with Crippen LogP contribution in [-0.2, 0) is 19.6 Å². The van der Waals surface area contributed by atoms with Crippen LogP contribution in [0.1, 0.15) is 39.0 Å². The Hall–Kier alpha value is -2.38. The maximum Gasteiger partial charge on any atom is 0.573 e. The third-order valence-corrected chi connectivity index (χ3v) is 8.04. The molecule has 34 heavy (non-hydrogen) atoms. The molecular formula is C21H28F3N3O6S. The topological polar surface area (TPSA) is 116 Å². The molecular weight excluding hydrogens is 479 g/mol. The second-order valence-corrected chi connectivity index (χ2v) is 10.5. The van der Waals surface area contributed by atoms with Crippen molar-refractivity contribution in [3.05, 3.63) is 24.3 Å². The molecule has 13 heteroatoms. The third kappa shape index (κ3) is 6.39. The summed E-state index contributed by atoms with van der Waals surface area (Å²) < 4.78 is 68.5. The fraction of sp³-hybridized carbons (Fsp3) is 0.619. The number of alkyl halides is 3. The first kappa shape index (κ1) is 26.2. The van der Waals surface area contributed by atoms with Crippen molar-refractivity contribution in [2.45, 2.75) is 61.9 Å². The highest BCUT2D eigenvalue weighted by molar-refractivity contribution is 7.89. The Bertz CT molecular complexity index is 994. The largest absolute Gasteiger partial charge is 0.573 e. The highest BCUT2D eigenvalue weighted by Gasteiger charge is 2.42. The van der Waals surface area contributed by atoms with E-state index in [0.717, 1.165) is 47.8 Å². The molecule has 0 spiro atoms. The number of hydrogen-bond acceptors (Lipinski definition) is 6. The van der Waals surface area contributed by atoms with Crippen molar-refractivity contribution in [2.24, 2.45) is 0 Å². The van der Waals surface area contributed by atoms with Crippen molar-refractivity contribution in [3.63, 3.8) is 0 Å². The van der Waals surface area contributed by atoms with Gasteiger partial charge in [0.2, 0.25) is 21.8 Å². The van der Waals surface area contributed by atoms with Gasteiger partial charge in [0.15, 0.2) is 0 Å².